The van der Waals surface area contributed by atoms with Gasteiger partial charge in [0.15, 0.2) is 0 Å². The zero-order valence-electron chi connectivity index (χ0n) is 18.4. The maximum absolute atomic E-state index is 13.5. The number of anilines is 2. The van der Waals surface area contributed by atoms with Crippen LogP contribution < -0.4 is 10.2 Å². The van der Waals surface area contributed by atoms with Crippen molar-refractivity contribution in [3.05, 3.63) is 59.9 Å². The third-order valence-electron chi connectivity index (χ3n) is 5.52. The van der Waals surface area contributed by atoms with Crippen molar-refractivity contribution in [2.24, 2.45) is 5.92 Å². The number of carbonyl (C=O) groups is 1. The maximum atomic E-state index is 13.5. The molecule has 1 aliphatic rings. The van der Waals surface area contributed by atoms with Crippen molar-refractivity contribution in [2.45, 2.75) is 39.8 Å². The van der Waals surface area contributed by atoms with Gasteiger partial charge < -0.3 is 5.32 Å². The second kappa shape index (κ2) is 9.20. The number of nitrogens with zero attached hydrogens (tertiary/aromatic N) is 5. The zero-order chi connectivity index (χ0) is 22.8. The van der Waals surface area contributed by atoms with E-state index in [2.05, 4.69) is 39.1 Å². The highest BCUT2D eigenvalue weighted by Crippen LogP contribution is 2.32. The highest BCUT2D eigenvalue weighted by atomic mass is 32.2. The lowest BCUT2D eigenvalue weighted by Crippen LogP contribution is -2.38. The highest BCUT2D eigenvalue weighted by Gasteiger charge is 2.36. The Kier molecular flexibility index (Phi) is 6.36. The average Bonchev–Trinajstić information content (AvgIpc) is 3.18. The van der Waals surface area contributed by atoms with E-state index < -0.39 is 0 Å². The van der Waals surface area contributed by atoms with E-state index in [9.17, 15) is 9.18 Å². The quantitative estimate of drug-likeness (QED) is 0.547. The van der Waals surface area contributed by atoms with Gasteiger partial charge in [0.05, 0.1) is 17.8 Å². The molecule has 2 aromatic heterocycles. The summed E-state index contributed by atoms with van der Waals surface area (Å²) < 4.78 is 13.5. The standard InChI is InChI=1S/C23H25FN6OS/c1-13(2)20-11-32-23(31)30(20)22-27-12-26-21(29-22)28-15(4)19-8-6-17(10-25-19)16-5-7-18(24)14(3)9-16/h5-10,12-13,15,20H,11H2,1-4H3,(H,26,27,28,29)/t15-,20+/m0/s1. The van der Waals surface area contributed by atoms with Gasteiger partial charge in [-0.25, -0.2) is 14.4 Å². The molecular weight excluding hydrogens is 427 g/mol. The molecule has 1 N–H and O–H groups in total. The topological polar surface area (TPSA) is 83.9 Å². The summed E-state index contributed by atoms with van der Waals surface area (Å²) in [5.74, 6) is 1.55. The Balaban J connectivity index is 1.49. The Morgan fingerprint density at radius 1 is 1.12 bits per heavy atom. The van der Waals surface area contributed by atoms with Crippen molar-refractivity contribution in [1.29, 1.82) is 0 Å². The summed E-state index contributed by atoms with van der Waals surface area (Å²) in [6, 6.07) is 8.79. The van der Waals surface area contributed by atoms with E-state index >= 15 is 0 Å². The van der Waals surface area contributed by atoms with Crippen LogP contribution in [-0.2, 0) is 0 Å². The normalized spacial score (nSPS) is 17.1. The van der Waals surface area contributed by atoms with E-state index in [4.69, 9.17) is 0 Å². The second-order valence-corrected chi connectivity index (χ2v) is 9.14. The number of nitrogens with one attached hydrogen (secondary N) is 1. The molecule has 0 radical (unpaired) electrons. The Morgan fingerprint density at radius 2 is 1.91 bits per heavy atom. The number of halogens is 1. The molecule has 3 aromatic rings. The smallest absolute Gasteiger partial charge is 0.288 e. The summed E-state index contributed by atoms with van der Waals surface area (Å²) in [6.45, 7) is 7.87. The van der Waals surface area contributed by atoms with Crippen molar-refractivity contribution >= 4 is 28.9 Å². The van der Waals surface area contributed by atoms with Gasteiger partial charge in [-0.15, -0.1) is 0 Å². The van der Waals surface area contributed by atoms with Crippen molar-refractivity contribution < 1.29 is 9.18 Å². The number of benzene rings is 1. The average molecular weight is 453 g/mol. The molecule has 1 aromatic carbocycles. The fourth-order valence-electron chi connectivity index (χ4n) is 3.55. The van der Waals surface area contributed by atoms with Crippen LogP contribution in [0.1, 0.15) is 38.1 Å². The fourth-order valence-corrected chi connectivity index (χ4v) is 4.76. The number of aromatic nitrogens is 4. The number of thioether (sulfide) groups is 1. The third kappa shape index (κ3) is 4.57. The first-order chi connectivity index (χ1) is 15.3. The van der Waals surface area contributed by atoms with E-state index in [1.165, 1.54) is 24.2 Å². The lowest BCUT2D eigenvalue weighted by atomic mass is 10.0. The maximum Gasteiger partial charge on any atom is 0.288 e. The molecule has 0 unspecified atom stereocenters. The summed E-state index contributed by atoms with van der Waals surface area (Å²) >= 11 is 1.29. The van der Waals surface area contributed by atoms with Gasteiger partial charge in [-0.3, -0.25) is 14.7 Å². The molecular formula is C23H25FN6OS. The van der Waals surface area contributed by atoms with Gasteiger partial charge >= 0.3 is 0 Å². The minimum Gasteiger partial charge on any atom is -0.346 e. The molecule has 1 saturated heterocycles. The van der Waals surface area contributed by atoms with Crippen LogP contribution in [0.5, 0.6) is 0 Å². The highest BCUT2D eigenvalue weighted by molar-refractivity contribution is 8.14. The number of hydrogen-bond donors (Lipinski definition) is 1. The Hall–Kier alpha value is -3.07. The summed E-state index contributed by atoms with van der Waals surface area (Å²) in [4.78, 5) is 31.5. The molecule has 9 heteroatoms. The number of amides is 1. The van der Waals surface area contributed by atoms with Gasteiger partial charge in [0.1, 0.15) is 12.1 Å². The lowest BCUT2D eigenvalue weighted by Gasteiger charge is -2.25. The number of carbonyl (C=O) groups excluding carboxylic acids is 1. The minimum absolute atomic E-state index is 0.0396. The van der Waals surface area contributed by atoms with Crippen LogP contribution in [0, 0.1) is 18.7 Å². The van der Waals surface area contributed by atoms with Crippen molar-refractivity contribution in [1.82, 2.24) is 19.9 Å². The van der Waals surface area contributed by atoms with E-state index in [1.54, 1.807) is 24.1 Å². The van der Waals surface area contributed by atoms with Crippen LogP contribution in [0.25, 0.3) is 11.1 Å². The van der Waals surface area contributed by atoms with E-state index in [0.29, 0.717) is 23.4 Å². The van der Waals surface area contributed by atoms with Gasteiger partial charge in [-0.05, 0) is 49.1 Å². The van der Waals surface area contributed by atoms with Crippen LogP contribution >= 0.6 is 11.8 Å². The molecule has 1 amide bonds. The van der Waals surface area contributed by atoms with Crippen molar-refractivity contribution in [3.8, 4) is 11.1 Å². The predicted octanol–water partition coefficient (Wildman–Crippen LogP) is 5.25. The van der Waals surface area contributed by atoms with Crippen LogP contribution in [0.2, 0.25) is 0 Å². The van der Waals surface area contributed by atoms with Gasteiger partial charge in [0.25, 0.3) is 5.24 Å². The lowest BCUT2D eigenvalue weighted by molar-refractivity contribution is 0.263. The summed E-state index contributed by atoms with van der Waals surface area (Å²) in [5.41, 5.74) is 3.24. The minimum atomic E-state index is -0.221. The molecule has 7 nitrogen and oxygen atoms in total. The first kappa shape index (κ1) is 22.1. The fraction of sp³-hybridized carbons (Fsp3) is 0.348. The molecule has 3 heterocycles. The van der Waals surface area contributed by atoms with Crippen LogP contribution in [0.3, 0.4) is 0 Å². The number of aryl methyl sites for hydroxylation is 1. The number of rotatable bonds is 6. The van der Waals surface area contributed by atoms with Crippen LogP contribution in [0.15, 0.2) is 42.9 Å². The summed E-state index contributed by atoms with van der Waals surface area (Å²) in [7, 11) is 0. The molecule has 0 spiro atoms. The molecule has 1 aliphatic heterocycles. The SMILES string of the molecule is Cc1cc(-c2ccc([C@H](C)Nc3ncnc(N4C(=O)SC[C@@H]4C(C)C)n3)nc2)ccc1F. The van der Waals surface area contributed by atoms with Crippen molar-refractivity contribution in [3.63, 3.8) is 0 Å². The molecule has 2 atom stereocenters. The van der Waals surface area contributed by atoms with Gasteiger partial charge in [0, 0.05) is 17.5 Å². The number of pyridine rings is 1. The molecule has 4 rings (SSSR count). The van der Waals surface area contributed by atoms with Gasteiger partial charge in [0.2, 0.25) is 11.9 Å². The second-order valence-electron chi connectivity index (χ2n) is 8.17. The van der Waals surface area contributed by atoms with Gasteiger partial charge in [-0.2, -0.15) is 4.98 Å². The molecule has 0 saturated carbocycles. The Bertz CT molecular complexity index is 1120. The van der Waals surface area contributed by atoms with Crippen LogP contribution in [0.4, 0.5) is 21.1 Å². The van der Waals surface area contributed by atoms with E-state index in [1.807, 2.05) is 25.1 Å². The first-order valence-electron chi connectivity index (χ1n) is 10.5. The zero-order valence-corrected chi connectivity index (χ0v) is 19.2. The van der Waals surface area contributed by atoms with Crippen LogP contribution in [-0.4, -0.2) is 37.0 Å². The molecule has 1 fully saturated rings. The van der Waals surface area contributed by atoms with E-state index in [-0.39, 0.29) is 23.1 Å². The monoisotopic (exact) mass is 452 g/mol. The first-order valence-corrected chi connectivity index (χ1v) is 11.5. The van der Waals surface area contributed by atoms with E-state index in [0.717, 1.165) is 22.6 Å². The molecule has 0 aliphatic carbocycles. The summed E-state index contributed by atoms with van der Waals surface area (Å²) in [6.07, 6.45) is 3.19. The largest absolute Gasteiger partial charge is 0.346 e. The third-order valence-corrected chi connectivity index (χ3v) is 6.47. The summed E-state index contributed by atoms with van der Waals surface area (Å²) in [5, 5.41) is 3.20. The molecule has 166 valence electrons. The molecule has 32 heavy (non-hydrogen) atoms. The van der Waals surface area contributed by atoms with Crippen molar-refractivity contribution in [2.75, 3.05) is 16.0 Å². The molecule has 0 bridgehead atoms. The van der Waals surface area contributed by atoms with Gasteiger partial charge in [-0.1, -0.05) is 37.7 Å². The Morgan fingerprint density at radius 3 is 2.59 bits per heavy atom. The predicted molar refractivity (Wildman–Crippen MR) is 125 cm³/mol. The Labute approximate surface area is 190 Å². The number of hydrogen-bond acceptors (Lipinski definition) is 7.